The summed E-state index contributed by atoms with van der Waals surface area (Å²) in [6.45, 7) is 13.3. The van der Waals surface area contributed by atoms with Crippen molar-refractivity contribution in [1.29, 1.82) is 0 Å². The van der Waals surface area contributed by atoms with E-state index in [4.69, 9.17) is 5.73 Å². The van der Waals surface area contributed by atoms with E-state index in [1.807, 2.05) is 6.07 Å². The summed E-state index contributed by atoms with van der Waals surface area (Å²) in [4.78, 5) is 0. The van der Waals surface area contributed by atoms with Gasteiger partial charge in [0.05, 0.1) is 5.69 Å². The van der Waals surface area contributed by atoms with Crippen LogP contribution in [0.4, 0.5) is 11.4 Å². The van der Waals surface area contributed by atoms with Crippen LogP contribution in [0.2, 0.25) is 0 Å². The highest BCUT2D eigenvalue weighted by atomic mass is 15.5. The fourth-order valence-corrected chi connectivity index (χ4v) is 4.78. The van der Waals surface area contributed by atoms with E-state index in [1.165, 1.54) is 52.8 Å². The van der Waals surface area contributed by atoms with Crippen molar-refractivity contribution in [3.05, 3.63) is 70.8 Å². The molecule has 2 atom stereocenters. The quantitative estimate of drug-likeness (QED) is 0.371. The normalized spacial score (nSPS) is 19.2. The zero-order valence-electron chi connectivity index (χ0n) is 19.3. The second-order valence-corrected chi connectivity index (χ2v) is 8.84. The molecule has 0 spiro atoms. The summed E-state index contributed by atoms with van der Waals surface area (Å²) < 4.78 is 0. The molecule has 2 aromatic rings. The van der Waals surface area contributed by atoms with Crippen LogP contribution in [0, 0.1) is 6.92 Å². The Morgan fingerprint density at radius 1 is 1.03 bits per heavy atom. The van der Waals surface area contributed by atoms with E-state index >= 15 is 0 Å². The number of hydrogen-bond donors (Lipinski definition) is 2. The van der Waals surface area contributed by atoms with Gasteiger partial charge in [-0.3, -0.25) is 0 Å². The van der Waals surface area contributed by atoms with E-state index in [1.54, 1.807) is 0 Å². The van der Waals surface area contributed by atoms with Gasteiger partial charge in [0.2, 0.25) is 0 Å². The lowest BCUT2D eigenvalue weighted by Crippen LogP contribution is -2.41. The molecule has 0 amide bonds. The van der Waals surface area contributed by atoms with Crippen molar-refractivity contribution in [3.63, 3.8) is 0 Å². The topological polar surface area (TPSA) is 41.3 Å². The van der Waals surface area contributed by atoms with Gasteiger partial charge in [0.15, 0.2) is 0 Å². The van der Waals surface area contributed by atoms with Gasteiger partial charge in [0.25, 0.3) is 0 Å². The van der Waals surface area contributed by atoms with Crippen LogP contribution >= 0.6 is 0 Å². The third kappa shape index (κ3) is 5.26. The second kappa shape index (κ2) is 10.2. The van der Waals surface area contributed by atoms with E-state index < -0.39 is 0 Å². The fourth-order valence-electron chi connectivity index (χ4n) is 4.78. The first-order valence-corrected chi connectivity index (χ1v) is 11.6. The van der Waals surface area contributed by atoms with Crippen molar-refractivity contribution in [1.82, 2.24) is 5.01 Å². The number of hydrogen-bond acceptors (Lipinski definition) is 3. The fraction of sp³-hybridized carbons (Fsp3) is 0.481. The molecule has 0 aromatic heterocycles. The minimum atomic E-state index is 0.493. The molecule has 0 radical (unpaired) electrons. The molecule has 3 N–H and O–H groups in total. The molecule has 0 bridgehead atoms. The third-order valence-corrected chi connectivity index (χ3v) is 6.55. The average molecular weight is 406 g/mol. The number of nitrogens with zero attached hydrogens (tertiary/aromatic N) is 1. The second-order valence-electron chi connectivity index (χ2n) is 8.84. The molecule has 1 heterocycles. The average Bonchev–Trinajstić information content (AvgIpc) is 3.11. The Morgan fingerprint density at radius 3 is 2.47 bits per heavy atom. The highest BCUT2D eigenvalue weighted by Crippen LogP contribution is 2.32. The molecule has 1 fully saturated rings. The molecule has 0 aliphatic carbocycles. The van der Waals surface area contributed by atoms with Crippen LogP contribution in [0.15, 0.2) is 48.6 Å². The number of nitrogens with two attached hydrogens (primary N) is 1. The van der Waals surface area contributed by atoms with Crippen LogP contribution < -0.4 is 11.2 Å². The maximum absolute atomic E-state index is 6.08. The number of rotatable bonds is 9. The largest absolute Gasteiger partial charge is 0.399 e. The molecule has 1 aliphatic heterocycles. The van der Waals surface area contributed by atoms with E-state index in [0.717, 1.165) is 31.4 Å². The van der Waals surface area contributed by atoms with Gasteiger partial charge in [-0.15, -0.1) is 0 Å². The van der Waals surface area contributed by atoms with Gasteiger partial charge in [-0.05, 0) is 80.7 Å². The maximum Gasteiger partial charge on any atom is 0.0522 e. The number of anilines is 2. The van der Waals surface area contributed by atoms with Crippen molar-refractivity contribution in [2.24, 2.45) is 0 Å². The van der Waals surface area contributed by atoms with Gasteiger partial charge in [0, 0.05) is 17.8 Å². The number of hydrazine groups is 1. The highest BCUT2D eigenvalue weighted by Gasteiger charge is 2.33. The number of nitrogen functional groups attached to an aromatic ring is 1. The molecule has 2 aromatic carbocycles. The summed E-state index contributed by atoms with van der Waals surface area (Å²) in [5, 5.41) is 2.52. The smallest absolute Gasteiger partial charge is 0.0522 e. The minimum Gasteiger partial charge on any atom is -0.399 e. The molecular formula is C27H39N3. The van der Waals surface area contributed by atoms with Gasteiger partial charge in [-0.1, -0.05) is 62.8 Å². The summed E-state index contributed by atoms with van der Waals surface area (Å²) in [5.41, 5.74) is 18.6. The lowest BCUT2D eigenvalue weighted by Gasteiger charge is -2.32. The first-order chi connectivity index (χ1) is 14.4. The van der Waals surface area contributed by atoms with Gasteiger partial charge >= 0.3 is 0 Å². The summed E-state index contributed by atoms with van der Waals surface area (Å²) in [6.07, 6.45) is 7.61. The summed E-state index contributed by atoms with van der Waals surface area (Å²) in [5.74, 6) is 0. The summed E-state index contributed by atoms with van der Waals surface area (Å²) >= 11 is 0. The maximum atomic E-state index is 6.08. The SMILES string of the molecule is C=C(Cc1ccc(N)c(CC)c1)CC1CCC(CC)N1Nc1ccc(C)cc1CC. The Kier molecular flexibility index (Phi) is 7.60. The molecule has 2 unspecified atom stereocenters. The number of benzene rings is 2. The lowest BCUT2D eigenvalue weighted by molar-refractivity contribution is 0.230. The Hall–Kier alpha value is -2.26. The van der Waals surface area contributed by atoms with Crippen LogP contribution in [-0.2, 0) is 19.3 Å². The molecule has 162 valence electrons. The van der Waals surface area contributed by atoms with Gasteiger partial charge in [0.1, 0.15) is 0 Å². The lowest BCUT2D eigenvalue weighted by atomic mass is 9.97. The predicted octanol–water partition coefficient (Wildman–Crippen LogP) is 6.46. The highest BCUT2D eigenvalue weighted by molar-refractivity contribution is 5.52. The van der Waals surface area contributed by atoms with Gasteiger partial charge in [-0.25, -0.2) is 5.01 Å². The Bertz CT molecular complexity index is 870. The van der Waals surface area contributed by atoms with Gasteiger partial charge < -0.3 is 11.2 Å². The first-order valence-electron chi connectivity index (χ1n) is 11.6. The predicted molar refractivity (Wildman–Crippen MR) is 131 cm³/mol. The Balaban J connectivity index is 1.70. The molecular weight excluding hydrogens is 366 g/mol. The first kappa shape index (κ1) is 22.4. The standard InChI is InChI=1S/C27H39N3/c1-6-22-18-21(10-13-26(22)28)15-20(5)17-25-12-11-24(8-3)30(25)29-27-14-9-19(4)16-23(27)7-2/h9-10,13-14,16,18,24-25,29H,5-8,11-12,15,17,28H2,1-4H3. The van der Waals surface area contributed by atoms with E-state index in [-0.39, 0.29) is 0 Å². The summed E-state index contributed by atoms with van der Waals surface area (Å²) in [7, 11) is 0. The van der Waals surface area contributed by atoms with Crippen LogP contribution in [-0.4, -0.2) is 17.1 Å². The Labute approximate surface area is 183 Å². The van der Waals surface area contributed by atoms with Crippen LogP contribution in [0.25, 0.3) is 0 Å². The number of aryl methyl sites for hydroxylation is 3. The summed E-state index contributed by atoms with van der Waals surface area (Å²) in [6, 6.07) is 14.3. The van der Waals surface area contributed by atoms with Crippen molar-refractivity contribution in [2.75, 3.05) is 11.2 Å². The van der Waals surface area contributed by atoms with Crippen LogP contribution in [0.3, 0.4) is 0 Å². The zero-order valence-corrected chi connectivity index (χ0v) is 19.3. The zero-order chi connectivity index (χ0) is 21.7. The molecule has 30 heavy (non-hydrogen) atoms. The van der Waals surface area contributed by atoms with Gasteiger partial charge in [-0.2, -0.15) is 0 Å². The van der Waals surface area contributed by atoms with Crippen LogP contribution in [0.5, 0.6) is 0 Å². The third-order valence-electron chi connectivity index (χ3n) is 6.55. The minimum absolute atomic E-state index is 0.493. The molecule has 0 saturated carbocycles. The van der Waals surface area contributed by atoms with E-state index in [2.05, 4.69) is 75.0 Å². The molecule has 1 aliphatic rings. The molecule has 1 saturated heterocycles. The molecule has 3 nitrogen and oxygen atoms in total. The van der Waals surface area contributed by atoms with E-state index in [9.17, 15) is 0 Å². The van der Waals surface area contributed by atoms with Crippen molar-refractivity contribution >= 4 is 11.4 Å². The van der Waals surface area contributed by atoms with Crippen LogP contribution in [0.1, 0.15) is 68.7 Å². The van der Waals surface area contributed by atoms with Crippen molar-refractivity contribution in [2.45, 2.75) is 84.7 Å². The molecule has 3 heteroatoms. The molecule has 3 rings (SSSR count). The van der Waals surface area contributed by atoms with E-state index in [0.29, 0.717) is 12.1 Å². The Morgan fingerprint density at radius 2 is 1.77 bits per heavy atom. The monoisotopic (exact) mass is 405 g/mol. The van der Waals surface area contributed by atoms with Crippen molar-refractivity contribution in [3.8, 4) is 0 Å². The van der Waals surface area contributed by atoms with Crippen molar-refractivity contribution < 1.29 is 0 Å². The number of nitrogens with one attached hydrogen (secondary N) is 1.